The standard InChI is InChI=1S/C12H11BrFN5O2/c1-2-15-12-16-6-10(19(20)21)11(18-12)17-9-5-7(13)3-4-8(9)14/h3-6H,2H2,1H3,(H2,15,16,17,18). The smallest absolute Gasteiger partial charge is 0.329 e. The van der Waals surface area contributed by atoms with Crippen LogP contribution in [0.3, 0.4) is 0 Å². The Hall–Kier alpha value is -2.29. The van der Waals surface area contributed by atoms with E-state index in [-0.39, 0.29) is 23.1 Å². The molecule has 0 atom stereocenters. The summed E-state index contributed by atoms with van der Waals surface area (Å²) in [6, 6.07) is 4.23. The summed E-state index contributed by atoms with van der Waals surface area (Å²) < 4.78 is 14.4. The van der Waals surface area contributed by atoms with Crippen LogP contribution >= 0.6 is 15.9 Å². The minimum Gasteiger partial charge on any atom is -0.354 e. The quantitative estimate of drug-likeness (QED) is 0.630. The Morgan fingerprint density at radius 1 is 1.48 bits per heavy atom. The minimum atomic E-state index is -0.631. The molecule has 21 heavy (non-hydrogen) atoms. The van der Waals surface area contributed by atoms with Crippen LogP contribution in [0.5, 0.6) is 0 Å². The van der Waals surface area contributed by atoms with Crippen molar-refractivity contribution in [3.63, 3.8) is 0 Å². The highest BCUT2D eigenvalue weighted by Gasteiger charge is 2.18. The Kier molecular flexibility index (Phi) is 4.63. The molecule has 0 saturated heterocycles. The highest BCUT2D eigenvalue weighted by molar-refractivity contribution is 9.10. The number of nitrogens with one attached hydrogen (secondary N) is 2. The van der Waals surface area contributed by atoms with Gasteiger partial charge in [-0.15, -0.1) is 0 Å². The van der Waals surface area contributed by atoms with Gasteiger partial charge in [0, 0.05) is 11.0 Å². The van der Waals surface area contributed by atoms with Gasteiger partial charge in [-0.05, 0) is 25.1 Å². The zero-order chi connectivity index (χ0) is 15.4. The summed E-state index contributed by atoms with van der Waals surface area (Å²) in [6.07, 6.45) is 1.07. The maximum atomic E-state index is 13.7. The van der Waals surface area contributed by atoms with Gasteiger partial charge in [-0.2, -0.15) is 4.98 Å². The van der Waals surface area contributed by atoms with Gasteiger partial charge < -0.3 is 10.6 Å². The maximum absolute atomic E-state index is 13.7. The van der Waals surface area contributed by atoms with E-state index in [0.29, 0.717) is 11.0 Å². The van der Waals surface area contributed by atoms with Crippen LogP contribution in [0.25, 0.3) is 0 Å². The zero-order valence-corrected chi connectivity index (χ0v) is 12.5. The molecular formula is C12H11BrFN5O2. The summed E-state index contributed by atoms with van der Waals surface area (Å²) in [5.41, 5.74) is -0.260. The molecule has 0 amide bonds. The second-order valence-electron chi connectivity index (χ2n) is 3.96. The fourth-order valence-electron chi connectivity index (χ4n) is 1.57. The van der Waals surface area contributed by atoms with Crippen molar-refractivity contribution in [1.82, 2.24) is 9.97 Å². The van der Waals surface area contributed by atoms with Gasteiger partial charge in [0.25, 0.3) is 0 Å². The van der Waals surface area contributed by atoms with E-state index >= 15 is 0 Å². The fourth-order valence-corrected chi connectivity index (χ4v) is 1.93. The number of halogens is 2. The first kappa shape index (κ1) is 15.1. The van der Waals surface area contributed by atoms with Gasteiger partial charge in [0.05, 0.1) is 10.6 Å². The van der Waals surface area contributed by atoms with Crippen LogP contribution in [-0.4, -0.2) is 21.4 Å². The Morgan fingerprint density at radius 3 is 2.90 bits per heavy atom. The number of nitrogens with zero attached hydrogens (tertiary/aromatic N) is 3. The zero-order valence-electron chi connectivity index (χ0n) is 10.9. The Morgan fingerprint density at radius 2 is 2.24 bits per heavy atom. The van der Waals surface area contributed by atoms with E-state index in [4.69, 9.17) is 0 Å². The molecule has 0 aliphatic carbocycles. The molecule has 2 rings (SSSR count). The first-order valence-corrected chi connectivity index (χ1v) is 6.78. The third-order valence-corrected chi connectivity index (χ3v) is 2.98. The summed E-state index contributed by atoms with van der Waals surface area (Å²) in [6.45, 7) is 2.40. The Bertz CT molecular complexity index is 683. The topological polar surface area (TPSA) is 93.0 Å². The number of nitro groups is 1. The predicted octanol–water partition coefficient (Wildman–Crippen LogP) is 3.46. The minimum absolute atomic E-state index is 0.0774. The van der Waals surface area contributed by atoms with Crippen LogP contribution < -0.4 is 10.6 Å². The third kappa shape index (κ3) is 3.63. The van der Waals surface area contributed by atoms with Gasteiger partial charge in [-0.1, -0.05) is 15.9 Å². The molecule has 1 heterocycles. The maximum Gasteiger partial charge on any atom is 0.329 e. The number of rotatable bonds is 5. The van der Waals surface area contributed by atoms with Gasteiger partial charge in [0.15, 0.2) is 0 Å². The van der Waals surface area contributed by atoms with E-state index in [1.54, 1.807) is 0 Å². The van der Waals surface area contributed by atoms with E-state index in [2.05, 4.69) is 36.5 Å². The fraction of sp³-hybridized carbons (Fsp3) is 0.167. The number of anilines is 3. The third-order valence-electron chi connectivity index (χ3n) is 2.48. The highest BCUT2D eigenvalue weighted by Crippen LogP contribution is 2.28. The molecule has 1 aromatic heterocycles. The van der Waals surface area contributed by atoms with Crippen molar-refractivity contribution < 1.29 is 9.31 Å². The first-order valence-electron chi connectivity index (χ1n) is 5.98. The van der Waals surface area contributed by atoms with Crippen molar-refractivity contribution >= 4 is 39.1 Å². The molecule has 1 aromatic carbocycles. The monoisotopic (exact) mass is 355 g/mol. The highest BCUT2D eigenvalue weighted by atomic mass is 79.9. The number of benzene rings is 1. The van der Waals surface area contributed by atoms with Crippen molar-refractivity contribution in [2.45, 2.75) is 6.92 Å². The Balaban J connectivity index is 2.43. The molecule has 0 unspecified atom stereocenters. The summed E-state index contributed by atoms with van der Waals surface area (Å²) in [4.78, 5) is 18.2. The summed E-state index contributed by atoms with van der Waals surface area (Å²) in [5, 5.41) is 16.5. The number of hydrogen-bond acceptors (Lipinski definition) is 6. The van der Waals surface area contributed by atoms with Crippen molar-refractivity contribution in [3.8, 4) is 0 Å². The van der Waals surface area contributed by atoms with Crippen molar-refractivity contribution in [3.05, 3.63) is 44.8 Å². The molecule has 2 aromatic rings. The lowest BCUT2D eigenvalue weighted by atomic mass is 10.3. The average molecular weight is 356 g/mol. The van der Waals surface area contributed by atoms with Crippen molar-refractivity contribution in [2.24, 2.45) is 0 Å². The molecule has 0 fully saturated rings. The van der Waals surface area contributed by atoms with Crippen LogP contribution in [0, 0.1) is 15.9 Å². The molecule has 7 nitrogen and oxygen atoms in total. The second-order valence-corrected chi connectivity index (χ2v) is 4.88. The molecule has 0 radical (unpaired) electrons. The lowest BCUT2D eigenvalue weighted by Crippen LogP contribution is -2.07. The molecule has 9 heteroatoms. The van der Waals surface area contributed by atoms with Crippen LogP contribution in [0.2, 0.25) is 0 Å². The van der Waals surface area contributed by atoms with E-state index in [0.717, 1.165) is 6.20 Å². The van der Waals surface area contributed by atoms with Gasteiger partial charge in [-0.25, -0.2) is 9.37 Å². The molecule has 0 spiro atoms. The van der Waals surface area contributed by atoms with Gasteiger partial charge in [0.1, 0.15) is 12.0 Å². The molecule has 0 bridgehead atoms. The molecule has 0 saturated carbocycles. The molecule has 0 aliphatic rings. The van der Waals surface area contributed by atoms with Gasteiger partial charge in [0.2, 0.25) is 11.8 Å². The first-order chi connectivity index (χ1) is 10.0. The molecule has 110 valence electrons. The van der Waals surface area contributed by atoms with Crippen molar-refractivity contribution in [2.75, 3.05) is 17.2 Å². The van der Waals surface area contributed by atoms with E-state index in [1.807, 2.05) is 6.92 Å². The SMILES string of the molecule is CCNc1ncc([N+](=O)[O-])c(Nc2cc(Br)ccc2F)n1. The molecule has 0 aliphatic heterocycles. The summed E-state index contributed by atoms with van der Waals surface area (Å²) in [5.74, 6) is -0.403. The second kappa shape index (κ2) is 6.44. The van der Waals surface area contributed by atoms with Crippen molar-refractivity contribution in [1.29, 1.82) is 0 Å². The van der Waals surface area contributed by atoms with Gasteiger partial charge >= 0.3 is 5.69 Å². The predicted molar refractivity (Wildman–Crippen MR) is 80.2 cm³/mol. The molecular weight excluding hydrogens is 345 g/mol. The Labute approximate surface area is 127 Å². The number of aromatic nitrogens is 2. The lowest BCUT2D eigenvalue weighted by Gasteiger charge is -2.09. The van der Waals surface area contributed by atoms with E-state index < -0.39 is 10.7 Å². The largest absolute Gasteiger partial charge is 0.354 e. The normalized spacial score (nSPS) is 10.2. The average Bonchev–Trinajstić information content (AvgIpc) is 2.43. The number of hydrogen-bond donors (Lipinski definition) is 2. The molecule has 2 N–H and O–H groups in total. The van der Waals surface area contributed by atoms with Crippen LogP contribution in [0.1, 0.15) is 6.92 Å². The summed E-state index contributed by atoms with van der Waals surface area (Å²) >= 11 is 3.21. The van der Waals surface area contributed by atoms with Crippen LogP contribution in [0.15, 0.2) is 28.9 Å². The lowest BCUT2D eigenvalue weighted by molar-refractivity contribution is -0.384. The van der Waals surface area contributed by atoms with Crippen LogP contribution in [0.4, 0.5) is 27.5 Å². The van der Waals surface area contributed by atoms with E-state index in [1.165, 1.54) is 18.2 Å². The summed E-state index contributed by atoms with van der Waals surface area (Å²) in [7, 11) is 0. The van der Waals surface area contributed by atoms with Gasteiger partial charge in [-0.3, -0.25) is 10.1 Å². The van der Waals surface area contributed by atoms with E-state index in [9.17, 15) is 14.5 Å². The van der Waals surface area contributed by atoms with Crippen LogP contribution in [-0.2, 0) is 0 Å².